The molecule has 0 saturated heterocycles. The summed E-state index contributed by atoms with van der Waals surface area (Å²) in [5.41, 5.74) is 3.30. The number of hydrogen-bond acceptors (Lipinski definition) is 2. The van der Waals surface area contributed by atoms with Crippen LogP contribution in [0.5, 0.6) is 0 Å². The normalized spacial score (nSPS) is 18.2. The largest absolute Gasteiger partial charge is 0.348 e. The molecule has 2 aromatic heterocycles. The van der Waals surface area contributed by atoms with Gasteiger partial charge in [0.2, 0.25) is 0 Å². The van der Waals surface area contributed by atoms with E-state index in [2.05, 4.69) is 12.2 Å². The minimum Gasteiger partial charge on any atom is -0.348 e. The van der Waals surface area contributed by atoms with Crippen molar-refractivity contribution in [3.8, 4) is 11.3 Å². The zero-order chi connectivity index (χ0) is 23.7. The molecular weight excluding hydrogens is 446 g/mol. The van der Waals surface area contributed by atoms with Crippen molar-refractivity contribution < 1.29 is 4.79 Å². The van der Waals surface area contributed by atoms with Crippen LogP contribution in [-0.2, 0) is 6.54 Å². The fraction of sp³-hybridized carbons (Fsp3) is 0.286. The molecule has 1 saturated carbocycles. The summed E-state index contributed by atoms with van der Waals surface area (Å²) in [6.45, 7) is 2.48. The van der Waals surface area contributed by atoms with E-state index in [0.29, 0.717) is 22.2 Å². The van der Waals surface area contributed by atoms with Crippen molar-refractivity contribution in [2.75, 3.05) is 0 Å². The highest BCUT2D eigenvalue weighted by molar-refractivity contribution is 6.31. The quantitative estimate of drug-likeness (QED) is 0.399. The monoisotopic (exact) mass is 473 g/mol. The van der Waals surface area contributed by atoms with Crippen LogP contribution >= 0.6 is 11.6 Å². The van der Waals surface area contributed by atoms with Gasteiger partial charge in [0, 0.05) is 17.3 Å². The van der Waals surface area contributed by atoms with E-state index in [1.54, 1.807) is 16.8 Å². The second kappa shape index (κ2) is 9.51. The molecule has 0 bridgehead atoms. The lowest BCUT2D eigenvalue weighted by Gasteiger charge is -2.27. The van der Waals surface area contributed by atoms with E-state index in [9.17, 15) is 9.59 Å². The number of amides is 1. The molecule has 34 heavy (non-hydrogen) atoms. The highest BCUT2D eigenvalue weighted by Crippen LogP contribution is 2.25. The van der Waals surface area contributed by atoms with Crippen LogP contribution in [0.2, 0.25) is 5.02 Å². The SMILES string of the molecule is CC1CCC(NC(=O)c2cn3c(-c4ccccc4)ccc3c(=O)n2Cc2ccccc2Cl)CC1. The van der Waals surface area contributed by atoms with Gasteiger partial charge in [-0.25, -0.2) is 0 Å². The van der Waals surface area contributed by atoms with E-state index in [4.69, 9.17) is 11.6 Å². The summed E-state index contributed by atoms with van der Waals surface area (Å²) in [7, 11) is 0. The van der Waals surface area contributed by atoms with Crippen molar-refractivity contribution in [2.45, 2.75) is 45.2 Å². The van der Waals surface area contributed by atoms with Gasteiger partial charge >= 0.3 is 0 Å². The van der Waals surface area contributed by atoms with Gasteiger partial charge in [0.25, 0.3) is 11.5 Å². The fourth-order valence-electron chi connectivity index (χ4n) is 4.84. The Morgan fingerprint density at radius 2 is 1.68 bits per heavy atom. The van der Waals surface area contributed by atoms with E-state index in [0.717, 1.165) is 42.5 Å². The first-order chi connectivity index (χ1) is 16.5. The highest BCUT2D eigenvalue weighted by atomic mass is 35.5. The van der Waals surface area contributed by atoms with Gasteiger partial charge in [-0.3, -0.25) is 14.2 Å². The smallest absolute Gasteiger partial charge is 0.275 e. The van der Waals surface area contributed by atoms with Gasteiger partial charge in [-0.15, -0.1) is 0 Å². The molecule has 1 amide bonds. The van der Waals surface area contributed by atoms with Gasteiger partial charge in [-0.05, 0) is 60.9 Å². The average Bonchev–Trinajstić information content (AvgIpc) is 3.28. The molecule has 2 heterocycles. The minimum atomic E-state index is -0.224. The molecule has 1 aliphatic rings. The Morgan fingerprint density at radius 1 is 0.971 bits per heavy atom. The van der Waals surface area contributed by atoms with Gasteiger partial charge in [-0.2, -0.15) is 0 Å². The number of carbonyl (C=O) groups excluding carboxylic acids is 1. The summed E-state index contributed by atoms with van der Waals surface area (Å²) in [6.07, 6.45) is 5.92. The number of nitrogens with zero attached hydrogens (tertiary/aromatic N) is 2. The van der Waals surface area contributed by atoms with Gasteiger partial charge in [0.05, 0.1) is 12.2 Å². The molecule has 0 atom stereocenters. The first-order valence-corrected chi connectivity index (χ1v) is 12.2. The molecule has 1 N–H and O–H groups in total. The van der Waals surface area contributed by atoms with Gasteiger partial charge < -0.3 is 9.72 Å². The van der Waals surface area contributed by atoms with Crippen molar-refractivity contribution >= 4 is 23.0 Å². The molecule has 6 heteroatoms. The highest BCUT2D eigenvalue weighted by Gasteiger charge is 2.24. The van der Waals surface area contributed by atoms with Gasteiger partial charge in [-0.1, -0.05) is 67.1 Å². The van der Waals surface area contributed by atoms with Crippen LogP contribution in [0.1, 0.15) is 48.7 Å². The molecule has 2 aromatic carbocycles. The molecule has 1 fully saturated rings. The third-order valence-electron chi connectivity index (χ3n) is 6.86. The molecule has 5 rings (SSSR count). The first-order valence-electron chi connectivity index (χ1n) is 11.9. The Hall–Kier alpha value is -3.31. The molecular formula is C28H28ClN3O2. The number of rotatable bonds is 5. The summed E-state index contributed by atoms with van der Waals surface area (Å²) < 4.78 is 3.38. The maximum Gasteiger partial charge on any atom is 0.275 e. The number of halogens is 1. The molecule has 1 aliphatic carbocycles. The van der Waals surface area contributed by atoms with Crippen molar-refractivity contribution in [3.63, 3.8) is 0 Å². The van der Waals surface area contributed by atoms with Crippen LogP contribution in [0.15, 0.2) is 77.7 Å². The Bertz CT molecular complexity index is 1380. The van der Waals surface area contributed by atoms with Crippen LogP contribution in [0, 0.1) is 5.92 Å². The van der Waals surface area contributed by atoms with E-state index < -0.39 is 0 Å². The first kappa shape index (κ1) is 22.5. The lowest BCUT2D eigenvalue weighted by Crippen LogP contribution is -2.40. The average molecular weight is 474 g/mol. The number of benzene rings is 2. The molecule has 0 unspecified atom stereocenters. The number of nitrogens with one attached hydrogen (secondary N) is 1. The van der Waals surface area contributed by atoms with Gasteiger partial charge in [0.15, 0.2) is 0 Å². The zero-order valence-corrected chi connectivity index (χ0v) is 20.0. The molecule has 4 aromatic rings. The Balaban J connectivity index is 1.61. The summed E-state index contributed by atoms with van der Waals surface area (Å²) >= 11 is 6.41. The van der Waals surface area contributed by atoms with Crippen LogP contribution < -0.4 is 10.9 Å². The van der Waals surface area contributed by atoms with Crippen molar-refractivity contribution in [1.29, 1.82) is 0 Å². The summed E-state index contributed by atoms with van der Waals surface area (Å²) in [6, 6.07) is 21.2. The second-order valence-electron chi connectivity index (χ2n) is 9.27. The molecule has 0 radical (unpaired) electrons. The topological polar surface area (TPSA) is 55.5 Å². The Morgan fingerprint density at radius 3 is 2.41 bits per heavy atom. The van der Waals surface area contributed by atoms with Crippen LogP contribution in [-0.4, -0.2) is 20.9 Å². The maximum absolute atomic E-state index is 13.7. The van der Waals surface area contributed by atoms with Crippen LogP contribution in [0.3, 0.4) is 0 Å². The van der Waals surface area contributed by atoms with Crippen molar-refractivity contribution in [1.82, 2.24) is 14.3 Å². The summed E-state index contributed by atoms with van der Waals surface area (Å²) in [5, 5.41) is 3.77. The third-order valence-corrected chi connectivity index (χ3v) is 7.23. The number of aromatic nitrogens is 2. The standard InChI is InChI=1S/C28H28ClN3O2/c1-19-11-13-22(14-12-19)30-27(33)26-18-31-24(20-7-3-2-4-8-20)15-16-25(31)28(34)32(26)17-21-9-5-6-10-23(21)29/h2-10,15-16,18-19,22H,11-14,17H2,1H3,(H,30,33). The molecule has 5 nitrogen and oxygen atoms in total. The Kier molecular flexibility index (Phi) is 6.29. The van der Waals surface area contributed by atoms with E-state index >= 15 is 0 Å². The van der Waals surface area contributed by atoms with Crippen molar-refractivity contribution in [2.24, 2.45) is 5.92 Å². The lowest BCUT2D eigenvalue weighted by molar-refractivity contribution is 0.0912. The van der Waals surface area contributed by atoms with Crippen molar-refractivity contribution in [3.05, 3.63) is 99.6 Å². The maximum atomic E-state index is 13.7. The van der Waals surface area contributed by atoms with E-state index in [1.165, 1.54) is 0 Å². The third kappa shape index (κ3) is 4.40. The second-order valence-corrected chi connectivity index (χ2v) is 9.67. The van der Waals surface area contributed by atoms with Crippen LogP contribution in [0.4, 0.5) is 0 Å². The number of hydrogen-bond donors (Lipinski definition) is 1. The molecule has 174 valence electrons. The predicted molar refractivity (Wildman–Crippen MR) is 137 cm³/mol. The predicted octanol–water partition coefficient (Wildman–Crippen LogP) is 5.78. The lowest BCUT2D eigenvalue weighted by atomic mass is 9.87. The molecule has 0 aliphatic heterocycles. The zero-order valence-electron chi connectivity index (χ0n) is 19.2. The van der Waals surface area contributed by atoms with E-state index in [1.807, 2.05) is 65.1 Å². The number of fused-ring (bicyclic) bond motifs is 1. The fourth-order valence-corrected chi connectivity index (χ4v) is 5.04. The Labute approximate surface area is 204 Å². The van der Waals surface area contributed by atoms with Crippen LogP contribution in [0.25, 0.3) is 16.8 Å². The van der Waals surface area contributed by atoms with Gasteiger partial charge in [0.1, 0.15) is 11.2 Å². The number of carbonyl (C=O) groups is 1. The van der Waals surface area contributed by atoms with E-state index in [-0.39, 0.29) is 24.1 Å². The minimum absolute atomic E-state index is 0.126. The summed E-state index contributed by atoms with van der Waals surface area (Å²) in [5.74, 6) is 0.467. The molecule has 0 spiro atoms. The summed E-state index contributed by atoms with van der Waals surface area (Å²) in [4.78, 5) is 27.2.